The second-order valence-corrected chi connectivity index (χ2v) is 6.50. The summed E-state index contributed by atoms with van der Waals surface area (Å²) >= 11 is 0. The smallest absolute Gasteiger partial charge is 0.326 e. The normalized spacial score (nSPS) is 16.7. The Bertz CT molecular complexity index is 592. The molecular weight excluding hydrogens is 308 g/mol. The van der Waals surface area contributed by atoms with Crippen molar-refractivity contribution in [2.24, 2.45) is 11.8 Å². The predicted molar refractivity (Wildman–Crippen MR) is 89.5 cm³/mol. The number of nitrogens with one attached hydrogen (secondary N) is 1. The van der Waals surface area contributed by atoms with E-state index in [2.05, 4.69) is 5.32 Å². The number of hydrogen-bond donors (Lipinski definition) is 2. The van der Waals surface area contributed by atoms with Crippen LogP contribution in [0.2, 0.25) is 0 Å². The molecule has 1 aliphatic rings. The van der Waals surface area contributed by atoms with Gasteiger partial charge in [-0.3, -0.25) is 9.59 Å². The number of nitrogens with zero attached hydrogens (tertiary/aromatic N) is 1. The van der Waals surface area contributed by atoms with Gasteiger partial charge in [0, 0.05) is 24.6 Å². The van der Waals surface area contributed by atoms with Gasteiger partial charge in [-0.25, -0.2) is 4.79 Å². The van der Waals surface area contributed by atoms with Crippen molar-refractivity contribution in [3.05, 3.63) is 35.9 Å². The minimum Gasteiger partial charge on any atom is -0.480 e. The quantitative estimate of drug-likeness (QED) is 0.860. The first-order valence-electron chi connectivity index (χ1n) is 8.27. The molecule has 0 spiro atoms. The summed E-state index contributed by atoms with van der Waals surface area (Å²) in [5.41, 5.74) is 0.645. The number of likely N-dealkylation sites (tertiary alicyclic amines) is 1. The maximum absolute atomic E-state index is 12.4. The van der Waals surface area contributed by atoms with Gasteiger partial charge in [0.05, 0.1) is 0 Å². The monoisotopic (exact) mass is 332 g/mol. The molecule has 0 bridgehead atoms. The predicted octanol–water partition coefficient (Wildman–Crippen LogP) is 1.76. The lowest BCUT2D eigenvalue weighted by Crippen LogP contribution is -2.49. The third kappa shape index (κ3) is 4.34. The molecule has 2 amide bonds. The molecule has 0 aliphatic carbocycles. The Morgan fingerprint density at radius 3 is 2.21 bits per heavy atom. The average molecular weight is 332 g/mol. The first-order chi connectivity index (χ1) is 11.4. The Labute approximate surface area is 141 Å². The Hall–Kier alpha value is -2.37. The van der Waals surface area contributed by atoms with Crippen molar-refractivity contribution in [3.63, 3.8) is 0 Å². The lowest BCUT2D eigenvalue weighted by atomic mass is 9.94. The number of rotatable bonds is 5. The van der Waals surface area contributed by atoms with Gasteiger partial charge < -0.3 is 15.3 Å². The molecular formula is C18H24N2O4. The molecule has 1 saturated heterocycles. The van der Waals surface area contributed by atoms with E-state index >= 15 is 0 Å². The van der Waals surface area contributed by atoms with Crippen molar-refractivity contribution in [2.75, 3.05) is 13.1 Å². The van der Waals surface area contributed by atoms with Crippen LogP contribution in [0.15, 0.2) is 30.3 Å². The van der Waals surface area contributed by atoms with E-state index in [1.54, 1.807) is 30.9 Å². The molecule has 1 aliphatic heterocycles. The van der Waals surface area contributed by atoms with Crippen LogP contribution in [0.4, 0.5) is 0 Å². The van der Waals surface area contributed by atoms with Crippen LogP contribution in [0.5, 0.6) is 0 Å². The minimum absolute atomic E-state index is 0.0277. The van der Waals surface area contributed by atoms with E-state index in [0.717, 1.165) is 0 Å². The highest BCUT2D eigenvalue weighted by atomic mass is 16.4. The summed E-state index contributed by atoms with van der Waals surface area (Å²) in [6.45, 7) is 4.54. The molecule has 6 heteroatoms. The zero-order valence-electron chi connectivity index (χ0n) is 14.1. The molecule has 0 radical (unpaired) electrons. The van der Waals surface area contributed by atoms with E-state index in [1.165, 1.54) is 0 Å². The maximum atomic E-state index is 12.4. The first kappa shape index (κ1) is 18.0. The van der Waals surface area contributed by atoms with Gasteiger partial charge in [0.1, 0.15) is 6.04 Å². The van der Waals surface area contributed by atoms with Crippen molar-refractivity contribution in [3.8, 4) is 0 Å². The lowest BCUT2D eigenvalue weighted by Gasteiger charge is -2.32. The van der Waals surface area contributed by atoms with Crippen LogP contribution < -0.4 is 5.32 Å². The van der Waals surface area contributed by atoms with Gasteiger partial charge in [-0.15, -0.1) is 0 Å². The number of carboxylic acid groups (broad SMARTS) is 1. The third-order valence-electron chi connectivity index (χ3n) is 4.40. The van der Waals surface area contributed by atoms with Crippen LogP contribution in [-0.2, 0) is 9.59 Å². The van der Waals surface area contributed by atoms with Crippen LogP contribution in [0.1, 0.15) is 37.0 Å². The van der Waals surface area contributed by atoms with E-state index < -0.39 is 12.0 Å². The summed E-state index contributed by atoms with van der Waals surface area (Å²) in [5, 5.41) is 11.8. The van der Waals surface area contributed by atoms with Crippen molar-refractivity contribution >= 4 is 17.8 Å². The average Bonchev–Trinajstić information content (AvgIpc) is 2.59. The summed E-state index contributed by atoms with van der Waals surface area (Å²) in [5.74, 6) is -1.70. The molecule has 0 aromatic heterocycles. The fraction of sp³-hybridized carbons (Fsp3) is 0.500. The van der Waals surface area contributed by atoms with E-state index in [-0.39, 0.29) is 23.7 Å². The van der Waals surface area contributed by atoms with Gasteiger partial charge in [0.25, 0.3) is 5.91 Å². The molecule has 130 valence electrons. The van der Waals surface area contributed by atoms with Crippen molar-refractivity contribution in [2.45, 2.75) is 32.7 Å². The lowest BCUT2D eigenvalue weighted by molar-refractivity contribution is -0.144. The highest BCUT2D eigenvalue weighted by Gasteiger charge is 2.31. The van der Waals surface area contributed by atoms with Gasteiger partial charge in [-0.2, -0.15) is 0 Å². The molecule has 1 atom stereocenters. The molecule has 1 aromatic carbocycles. The first-order valence-corrected chi connectivity index (χ1v) is 8.27. The van der Waals surface area contributed by atoms with Gasteiger partial charge in [0.2, 0.25) is 5.91 Å². The molecule has 2 rings (SSSR count). The van der Waals surface area contributed by atoms with Crippen LogP contribution in [-0.4, -0.2) is 46.9 Å². The molecule has 1 fully saturated rings. The number of aliphatic carboxylic acids is 1. The summed E-state index contributed by atoms with van der Waals surface area (Å²) < 4.78 is 0. The summed E-state index contributed by atoms with van der Waals surface area (Å²) in [6, 6.07) is 8.20. The number of benzene rings is 1. The number of carbonyl (C=O) groups excluding carboxylic acids is 2. The van der Waals surface area contributed by atoms with E-state index in [4.69, 9.17) is 5.11 Å². The Kier molecular flexibility index (Phi) is 5.95. The molecule has 2 N–H and O–H groups in total. The molecule has 0 saturated carbocycles. The number of amides is 2. The van der Waals surface area contributed by atoms with Crippen LogP contribution in [0, 0.1) is 11.8 Å². The van der Waals surface area contributed by atoms with Crippen LogP contribution >= 0.6 is 0 Å². The van der Waals surface area contributed by atoms with Crippen molar-refractivity contribution < 1.29 is 19.5 Å². The Morgan fingerprint density at radius 2 is 1.71 bits per heavy atom. The molecule has 1 heterocycles. The summed E-state index contributed by atoms with van der Waals surface area (Å²) in [7, 11) is 0. The third-order valence-corrected chi connectivity index (χ3v) is 4.40. The van der Waals surface area contributed by atoms with Crippen molar-refractivity contribution in [1.82, 2.24) is 10.2 Å². The van der Waals surface area contributed by atoms with E-state index in [9.17, 15) is 14.4 Å². The second kappa shape index (κ2) is 7.95. The zero-order valence-corrected chi connectivity index (χ0v) is 14.1. The number of carbonyl (C=O) groups is 3. The minimum atomic E-state index is -1.02. The number of piperidine rings is 1. The van der Waals surface area contributed by atoms with E-state index in [1.807, 2.05) is 18.2 Å². The Morgan fingerprint density at radius 1 is 1.12 bits per heavy atom. The molecule has 1 unspecified atom stereocenters. The molecule has 24 heavy (non-hydrogen) atoms. The van der Waals surface area contributed by atoms with Gasteiger partial charge in [-0.1, -0.05) is 32.0 Å². The van der Waals surface area contributed by atoms with Gasteiger partial charge >= 0.3 is 5.97 Å². The highest BCUT2D eigenvalue weighted by Crippen LogP contribution is 2.20. The van der Waals surface area contributed by atoms with Gasteiger partial charge in [0.15, 0.2) is 0 Å². The summed E-state index contributed by atoms with van der Waals surface area (Å²) in [4.78, 5) is 37.6. The number of carboxylic acids is 1. The van der Waals surface area contributed by atoms with Crippen molar-refractivity contribution in [1.29, 1.82) is 0 Å². The highest BCUT2D eigenvalue weighted by molar-refractivity contribution is 5.94. The standard InChI is InChI=1S/C18H24N2O4/c1-12(2)15(18(23)24)19-16(21)13-8-10-20(11-9-13)17(22)14-6-4-3-5-7-14/h3-7,12-13,15H,8-11H2,1-2H3,(H,19,21)(H,23,24). The zero-order chi connectivity index (χ0) is 17.7. The fourth-order valence-corrected chi connectivity index (χ4v) is 2.89. The van der Waals surface area contributed by atoms with Crippen LogP contribution in [0.25, 0.3) is 0 Å². The molecule has 1 aromatic rings. The van der Waals surface area contributed by atoms with Crippen LogP contribution in [0.3, 0.4) is 0 Å². The number of hydrogen-bond acceptors (Lipinski definition) is 3. The fourth-order valence-electron chi connectivity index (χ4n) is 2.89. The Balaban J connectivity index is 1.89. The topological polar surface area (TPSA) is 86.7 Å². The van der Waals surface area contributed by atoms with Gasteiger partial charge in [-0.05, 0) is 30.9 Å². The SMILES string of the molecule is CC(C)C(NC(=O)C1CCN(C(=O)c2ccccc2)CC1)C(=O)O. The van der Waals surface area contributed by atoms with E-state index in [0.29, 0.717) is 31.5 Å². The summed E-state index contributed by atoms with van der Waals surface area (Å²) in [6.07, 6.45) is 1.10. The second-order valence-electron chi connectivity index (χ2n) is 6.50. The largest absolute Gasteiger partial charge is 0.480 e. The molecule has 6 nitrogen and oxygen atoms in total. The maximum Gasteiger partial charge on any atom is 0.326 e.